The van der Waals surface area contributed by atoms with Crippen LogP contribution in [0.25, 0.3) is 0 Å². The minimum Gasteiger partial charge on any atom is -0.409 e. The smallest absolute Gasteiger partial charge is 0.409 e. The summed E-state index contributed by atoms with van der Waals surface area (Å²) in [5.74, 6) is -0.247. The number of nitrogens with two attached hydrogens (primary N) is 1. The Labute approximate surface area is 106 Å². The fourth-order valence-corrected chi connectivity index (χ4v) is 1.51. The number of amidine groups is 1. The van der Waals surface area contributed by atoms with Gasteiger partial charge in [-0.2, -0.15) is 13.2 Å². The number of rotatable bonds is 3. The molecular formula is C10H11ClF3N3O. The second-order valence-electron chi connectivity index (χ2n) is 3.55. The number of nitrogens with one attached hydrogen (secondary N) is 1. The molecule has 0 aliphatic rings. The Morgan fingerprint density at radius 3 is 2.61 bits per heavy atom. The van der Waals surface area contributed by atoms with Gasteiger partial charge in [-0.05, 0) is 19.1 Å². The number of benzene rings is 1. The Hall–Kier alpha value is -1.63. The summed E-state index contributed by atoms with van der Waals surface area (Å²) in [5.41, 5.74) is 4.08. The van der Waals surface area contributed by atoms with Crippen LogP contribution in [0.5, 0.6) is 0 Å². The summed E-state index contributed by atoms with van der Waals surface area (Å²) in [6, 6.07) is 2.62. The maximum Gasteiger partial charge on any atom is 0.418 e. The molecule has 0 spiro atoms. The first-order chi connectivity index (χ1) is 8.27. The highest BCUT2D eigenvalue weighted by Crippen LogP contribution is 2.38. The van der Waals surface area contributed by atoms with Crippen molar-refractivity contribution in [3.63, 3.8) is 0 Å². The third kappa shape index (κ3) is 3.19. The first kappa shape index (κ1) is 14.4. The molecule has 1 atom stereocenters. The Kier molecular flexibility index (Phi) is 4.28. The fourth-order valence-electron chi connectivity index (χ4n) is 1.28. The van der Waals surface area contributed by atoms with E-state index in [1.165, 1.54) is 19.1 Å². The van der Waals surface area contributed by atoms with Gasteiger partial charge in [-0.15, -0.1) is 0 Å². The van der Waals surface area contributed by atoms with Gasteiger partial charge in [-0.1, -0.05) is 22.8 Å². The van der Waals surface area contributed by atoms with E-state index in [0.717, 1.165) is 6.07 Å². The Bertz CT molecular complexity index is 462. The molecule has 0 bridgehead atoms. The molecule has 4 N–H and O–H groups in total. The number of alkyl halides is 3. The lowest BCUT2D eigenvalue weighted by molar-refractivity contribution is -0.136. The number of halogens is 4. The average Bonchev–Trinajstić information content (AvgIpc) is 2.29. The summed E-state index contributed by atoms with van der Waals surface area (Å²) in [7, 11) is 0. The van der Waals surface area contributed by atoms with Gasteiger partial charge in [0.25, 0.3) is 0 Å². The second kappa shape index (κ2) is 5.34. The molecule has 18 heavy (non-hydrogen) atoms. The lowest BCUT2D eigenvalue weighted by Gasteiger charge is -2.19. The second-order valence-corrected chi connectivity index (χ2v) is 3.96. The predicted molar refractivity (Wildman–Crippen MR) is 62.9 cm³/mol. The quantitative estimate of drug-likeness (QED) is 0.345. The van der Waals surface area contributed by atoms with Crippen molar-refractivity contribution in [2.75, 3.05) is 5.32 Å². The Balaban J connectivity index is 3.16. The van der Waals surface area contributed by atoms with Crippen LogP contribution >= 0.6 is 11.6 Å². The van der Waals surface area contributed by atoms with Crippen molar-refractivity contribution >= 4 is 23.1 Å². The lowest BCUT2D eigenvalue weighted by Crippen LogP contribution is -2.33. The molecule has 100 valence electrons. The van der Waals surface area contributed by atoms with Crippen molar-refractivity contribution in [1.29, 1.82) is 0 Å². The van der Waals surface area contributed by atoms with E-state index in [2.05, 4.69) is 10.5 Å². The number of oxime groups is 1. The van der Waals surface area contributed by atoms with Crippen LogP contribution in [0.2, 0.25) is 5.02 Å². The highest BCUT2D eigenvalue weighted by molar-refractivity contribution is 6.33. The highest BCUT2D eigenvalue weighted by Gasteiger charge is 2.34. The number of para-hydroxylation sites is 1. The van der Waals surface area contributed by atoms with Crippen molar-refractivity contribution in [3.8, 4) is 0 Å². The van der Waals surface area contributed by atoms with Gasteiger partial charge in [0.15, 0.2) is 5.84 Å². The molecule has 0 fully saturated rings. The minimum absolute atomic E-state index is 0.0950. The van der Waals surface area contributed by atoms with Gasteiger partial charge < -0.3 is 16.3 Å². The average molecular weight is 282 g/mol. The molecule has 8 heteroatoms. The number of hydrogen-bond acceptors (Lipinski definition) is 3. The fraction of sp³-hybridized carbons (Fsp3) is 0.300. The van der Waals surface area contributed by atoms with Crippen LogP contribution in [0.4, 0.5) is 18.9 Å². The maximum atomic E-state index is 12.8. The van der Waals surface area contributed by atoms with Crippen LogP contribution in [0.1, 0.15) is 12.5 Å². The standard InChI is InChI=1S/C10H11ClF3N3O/c1-5(9(15)17-18)16-8-6(10(12,13)14)3-2-4-7(8)11/h2-5,16,18H,1H3,(H2,15,17). The third-order valence-electron chi connectivity index (χ3n) is 2.24. The van der Waals surface area contributed by atoms with E-state index in [0.29, 0.717) is 0 Å². The zero-order chi connectivity index (χ0) is 13.9. The third-order valence-corrected chi connectivity index (χ3v) is 2.55. The van der Waals surface area contributed by atoms with Gasteiger partial charge in [0.05, 0.1) is 22.3 Å². The number of hydrogen-bond donors (Lipinski definition) is 3. The lowest BCUT2D eigenvalue weighted by atomic mass is 10.1. The largest absolute Gasteiger partial charge is 0.418 e. The van der Waals surface area contributed by atoms with E-state index < -0.39 is 17.8 Å². The molecule has 1 rings (SSSR count). The predicted octanol–water partition coefficient (Wildman–Crippen LogP) is 2.91. The summed E-state index contributed by atoms with van der Waals surface area (Å²) < 4.78 is 38.3. The van der Waals surface area contributed by atoms with Crippen molar-refractivity contribution < 1.29 is 18.4 Å². The van der Waals surface area contributed by atoms with Gasteiger partial charge in [-0.25, -0.2) is 0 Å². The van der Waals surface area contributed by atoms with Gasteiger partial charge in [0.1, 0.15) is 0 Å². The molecule has 0 radical (unpaired) electrons. The molecule has 0 aliphatic heterocycles. The molecule has 0 aliphatic carbocycles. The first-order valence-electron chi connectivity index (χ1n) is 4.87. The number of nitrogens with zero attached hydrogens (tertiary/aromatic N) is 1. The van der Waals surface area contributed by atoms with Crippen LogP contribution in [-0.2, 0) is 6.18 Å². The molecule has 1 unspecified atom stereocenters. The van der Waals surface area contributed by atoms with E-state index in [4.69, 9.17) is 22.5 Å². The van der Waals surface area contributed by atoms with Crippen molar-refractivity contribution in [2.45, 2.75) is 19.1 Å². The summed E-state index contributed by atoms with van der Waals surface area (Å²) in [6.07, 6.45) is -4.54. The Morgan fingerprint density at radius 1 is 1.50 bits per heavy atom. The molecule has 0 amide bonds. The number of anilines is 1. The van der Waals surface area contributed by atoms with Crippen molar-refractivity contribution in [1.82, 2.24) is 0 Å². The van der Waals surface area contributed by atoms with Crippen molar-refractivity contribution in [3.05, 3.63) is 28.8 Å². The normalized spacial score (nSPS) is 14.4. The molecule has 4 nitrogen and oxygen atoms in total. The minimum atomic E-state index is -4.54. The maximum absolute atomic E-state index is 12.8. The van der Waals surface area contributed by atoms with E-state index in [9.17, 15) is 13.2 Å². The van der Waals surface area contributed by atoms with Gasteiger partial charge in [0.2, 0.25) is 0 Å². The molecule has 0 heterocycles. The van der Waals surface area contributed by atoms with Gasteiger partial charge >= 0.3 is 6.18 Å². The Morgan fingerprint density at radius 2 is 2.11 bits per heavy atom. The topological polar surface area (TPSA) is 70.6 Å². The van der Waals surface area contributed by atoms with Gasteiger partial charge in [-0.3, -0.25) is 0 Å². The monoisotopic (exact) mass is 281 g/mol. The molecule has 0 aromatic heterocycles. The molecule has 0 saturated carbocycles. The van der Waals surface area contributed by atoms with Crippen LogP contribution in [0.3, 0.4) is 0 Å². The van der Waals surface area contributed by atoms with Crippen LogP contribution in [-0.4, -0.2) is 17.1 Å². The first-order valence-corrected chi connectivity index (χ1v) is 5.24. The van der Waals surface area contributed by atoms with E-state index in [1.54, 1.807) is 0 Å². The van der Waals surface area contributed by atoms with E-state index in [-0.39, 0.29) is 16.5 Å². The van der Waals surface area contributed by atoms with Crippen molar-refractivity contribution in [2.24, 2.45) is 10.9 Å². The SMILES string of the molecule is CC(Nc1c(Cl)cccc1C(F)(F)F)C(N)=NO. The highest BCUT2D eigenvalue weighted by atomic mass is 35.5. The molecular weight excluding hydrogens is 271 g/mol. The zero-order valence-corrected chi connectivity index (χ0v) is 10.0. The molecule has 1 aromatic carbocycles. The summed E-state index contributed by atoms with van der Waals surface area (Å²) in [5, 5.41) is 13.5. The summed E-state index contributed by atoms with van der Waals surface area (Å²) in [6.45, 7) is 1.44. The molecule has 0 saturated heterocycles. The molecule has 1 aromatic rings. The zero-order valence-electron chi connectivity index (χ0n) is 9.29. The van der Waals surface area contributed by atoms with Crippen LogP contribution < -0.4 is 11.1 Å². The summed E-state index contributed by atoms with van der Waals surface area (Å²) in [4.78, 5) is 0. The van der Waals surface area contributed by atoms with E-state index >= 15 is 0 Å². The van der Waals surface area contributed by atoms with Crippen LogP contribution in [0.15, 0.2) is 23.4 Å². The van der Waals surface area contributed by atoms with E-state index in [1.807, 2.05) is 0 Å². The van der Waals surface area contributed by atoms with Crippen LogP contribution in [0, 0.1) is 0 Å². The van der Waals surface area contributed by atoms with Gasteiger partial charge in [0, 0.05) is 0 Å². The summed E-state index contributed by atoms with van der Waals surface area (Å²) >= 11 is 5.72.